The molecular weight excluding hydrogens is 298 g/mol. The first-order valence-electron chi connectivity index (χ1n) is 7.09. The van der Waals surface area contributed by atoms with Crippen LogP contribution in [-0.2, 0) is 9.59 Å². The highest BCUT2D eigenvalue weighted by molar-refractivity contribution is 6.18. The molecule has 4 N–H and O–H groups in total. The molecule has 0 rings (SSSR count). The minimum atomic E-state index is -0.848. The number of unbranched alkanes of at least 4 members (excludes halogenated alkanes) is 1. The summed E-state index contributed by atoms with van der Waals surface area (Å²) in [6, 6.07) is 0. The predicted octanol–water partition coefficient (Wildman–Crippen LogP) is -0.0678. The van der Waals surface area contributed by atoms with Crippen molar-refractivity contribution in [2.75, 3.05) is 38.6 Å². The van der Waals surface area contributed by atoms with E-state index in [1.807, 2.05) is 4.90 Å². The number of carbonyl (C=O) groups excluding carboxylic acids is 1. The molecule has 0 aliphatic carbocycles. The molecule has 0 spiro atoms. The quantitative estimate of drug-likeness (QED) is 0.324. The Balaban J connectivity index is 3.76. The molecule has 1 unspecified atom stereocenters. The zero-order valence-electron chi connectivity index (χ0n) is 12.2. The number of hydrogen-bond donors (Lipinski definition) is 3. The number of rotatable bonds is 13. The van der Waals surface area contributed by atoms with Gasteiger partial charge < -0.3 is 15.5 Å². The number of nitrogens with one attached hydrogen (secondary N) is 2. The molecular formula is C13H25ClN3O4. The molecule has 0 saturated carbocycles. The molecule has 0 bridgehead atoms. The van der Waals surface area contributed by atoms with Crippen molar-refractivity contribution < 1.29 is 19.8 Å². The van der Waals surface area contributed by atoms with Gasteiger partial charge in [-0.3, -0.25) is 20.2 Å². The number of carboxylic acid groups (broad SMARTS) is 1. The number of halogens is 1. The van der Waals surface area contributed by atoms with E-state index >= 15 is 0 Å². The van der Waals surface area contributed by atoms with Crippen molar-refractivity contribution in [3.63, 3.8) is 0 Å². The molecule has 0 aromatic rings. The second-order valence-corrected chi connectivity index (χ2v) is 5.12. The summed E-state index contributed by atoms with van der Waals surface area (Å²) in [5.74, 6) is -0.812. The van der Waals surface area contributed by atoms with E-state index in [1.165, 1.54) is 0 Å². The maximum atomic E-state index is 11.5. The van der Waals surface area contributed by atoms with Crippen LogP contribution >= 0.6 is 11.6 Å². The second kappa shape index (κ2) is 12.8. The smallest absolute Gasteiger partial charge is 0.303 e. The Morgan fingerprint density at radius 2 is 1.90 bits per heavy atom. The third-order valence-electron chi connectivity index (χ3n) is 2.87. The Morgan fingerprint density at radius 3 is 2.48 bits per heavy atom. The lowest BCUT2D eigenvalue weighted by molar-refractivity contribution is -0.137. The summed E-state index contributed by atoms with van der Waals surface area (Å²) in [5, 5.41) is 20.7. The van der Waals surface area contributed by atoms with Crippen molar-refractivity contribution in [2.45, 2.75) is 31.8 Å². The van der Waals surface area contributed by atoms with Gasteiger partial charge in [-0.05, 0) is 12.8 Å². The molecule has 21 heavy (non-hydrogen) atoms. The first kappa shape index (κ1) is 20.1. The van der Waals surface area contributed by atoms with Crippen LogP contribution in [0.1, 0.15) is 25.7 Å². The molecule has 1 amide bonds. The van der Waals surface area contributed by atoms with E-state index in [0.29, 0.717) is 45.4 Å². The minimum Gasteiger partial charge on any atom is -0.481 e. The fourth-order valence-corrected chi connectivity index (χ4v) is 1.90. The maximum Gasteiger partial charge on any atom is 0.303 e. The molecule has 1 atom stereocenters. The molecule has 123 valence electrons. The van der Waals surface area contributed by atoms with E-state index in [4.69, 9.17) is 22.4 Å². The van der Waals surface area contributed by atoms with Crippen LogP contribution in [0.3, 0.4) is 0 Å². The van der Waals surface area contributed by atoms with Gasteiger partial charge in [0.25, 0.3) is 0 Å². The standard InChI is InChI=1S/C13H25ClN3O4/c14-9-11(18)10-17(7-5-15)8-6-16-12(19)3-1-2-4-13(20)21/h11,15,18H,1-10H2,(H,16,19)(H,20,21). The fourth-order valence-electron chi connectivity index (χ4n) is 1.80. The number of nitrogens with zero attached hydrogens (tertiary/aromatic N) is 1. The largest absolute Gasteiger partial charge is 0.481 e. The molecule has 0 aliphatic heterocycles. The van der Waals surface area contributed by atoms with E-state index in [-0.39, 0.29) is 24.8 Å². The van der Waals surface area contributed by atoms with Crippen molar-refractivity contribution in [1.29, 1.82) is 0 Å². The number of alkyl halides is 1. The molecule has 0 heterocycles. The predicted molar refractivity (Wildman–Crippen MR) is 80.2 cm³/mol. The zero-order valence-corrected chi connectivity index (χ0v) is 12.9. The highest BCUT2D eigenvalue weighted by Crippen LogP contribution is 1.99. The molecule has 0 fully saturated rings. The van der Waals surface area contributed by atoms with Gasteiger partial charge in [-0.25, -0.2) is 0 Å². The Morgan fingerprint density at radius 1 is 1.24 bits per heavy atom. The fraction of sp³-hybridized carbons (Fsp3) is 0.846. The van der Waals surface area contributed by atoms with Gasteiger partial charge in [-0.2, -0.15) is 0 Å². The number of aliphatic hydroxyl groups is 1. The zero-order chi connectivity index (χ0) is 16.1. The number of aliphatic hydroxyl groups excluding tert-OH is 1. The van der Waals surface area contributed by atoms with Crippen LogP contribution in [0.5, 0.6) is 0 Å². The Kier molecular flexibility index (Phi) is 12.3. The van der Waals surface area contributed by atoms with E-state index in [2.05, 4.69) is 5.32 Å². The highest BCUT2D eigenvalue weighted by atomic mass is 35.5. The SMILES string of the molecule is [NH]CCN(CCNC(=O)CCCCC(=O)O)CC(O)CCl. The van der Waals surface area contributed by atoms with Crippen LogP contribution < -0.4 is 11.1 Å². The van der Waals surface area contributed by atoms with Crippen LogP contribution in [0.25, 0.3) is 0 Å². The number of carbonyl (C=O) groups is 2. The Bertz CT molecular complexity index is 305. The molecule has 0 aliphatic rings. The van der Waals surface area contributed by atoms with Crippen LogP contribution in [0.2, 0.25) is 0 Å². The van der Waals surface area contributed by atoms with Gasteiger partial charge in [0.05, 0.1) is 6.10 Å². The van der Waals surface area contributed by atoms with E-state index < -0.39 is 12.1 Å². The van der Waals surface area contributed by atoms with Crippen LogP contribution in [-0.4, -0.2) is 71.7 Å². The average Bonchev–Trinajstić information content (AvgIpc) is 2.43. The second-order valence-electron chi connectivity index (χ2n) is 4.81. The molecule has 0 saturated heterocycles. The van der Waals surface area contributed by atoms with Crippen molar-refractivity contribution in [3.05, 3.63) is 0 Å². The summed E-state index contributed by atoms with van der Waals surface area (Å²) >= 11 is 5.54. The first-order valence-corrected chi connectivity index (χ1v) is 7.62. The van der Waals surface area contributed by atoms with Crippen molar-refractivity contribution in [3.8, 4) is 0 Å². The highest BCUT2D eigenvalue weighted by Gasteiger charge is 2.10. The number of carboxylic acids is 1. The summed E-state index contributed by atoms with van der Waals surface area (Å²) in [4.78, 5) is 23.7. The van der Waals surface area contributed by atoms with Gasteiger partial charge in [0.2, 0.25) is 5.91 Å². The van der Waals surface area contributed by atoms with Gasteiger partial charge in [0.15, 0.2) is 0 Å². The number of amides is 1. The van der Waals surface area contributed by atoms with Crippen molar-refractivity contribution >= 4 is 23.5 Å². The maximum absolute atomic E-state index is 11.5. The summed E-state index contributed by atoms with van der Waals surface area (Å²) < 4.78 is 0. The number of aliphatic carboxylic acids is 1. The lowest BCUT2D eigenvalue weighted by atomic mass is 10.2. The Labute approximate surface area is 130 Å². The van der Waals surface area contributed by atoms with E-state index in [9.17, 15) is 14.7 Å². The third-order valence-corrected chi connectivity index (χ3v) is 3.23. The molecule has 0 aromatic heterocycles. The van der Waals surface area contributed by atoms with Crippen LogP contribution in [0, 0.1) is 0 Å². The summed E-state index contributed by atoms with van der Waals surface area (Å²) in [6.45, 7) is 2.11. The molecule has 8 heteroatoms. The van der Waals surface area contributed by atoms with Crippen LogP contribution in [0.4, 0.5) is 0 Å². The van der Waals surface area contributed by atoms with Gasteiger partial charge in [0.1, 0.15) is 0 Å². The topological polar surface area (TPSA) is 114 Å². The first-order chi connectivity index (χ1) is 9.99. The minimum absolute atomic E-state index is 0.0842. The van der Waals surface area contributed by atoms with Gasteiger partial charge >= 0.3 is 5.97 Å². The number of hydrogen-bond acceptors (Lipinski definition) is 4. The van der Waals surface area contributed by atoms with Gasteiger partial charge in [-0.1, -0.05) is 0 Å². The molecule has 7 nitrogen and oxygen atoms in total. The normalized spacial score (nSPS) is 12.4. The summed E-state index contributed by atoms with van der Waals surface area (Å²) in [5.41, 5.74) is 7.21. The molecule has 0 aromatic carbocycles. The lowest BCUT2D eigenvalue weighted by Crippen LogP contribution is -2.40. The lowest BCUT2D eigenvalue weighted by Gasteiger charge is -2.23. The van der Waals surface area contributed by atoms with Crippen molar-refractivity contribution in [1.82, 2.24) is 16.0 Å². The average molecular weight is 323 g/mol. The van der Waals surface area contributed by atoms with E-state index in [0.717, 1.165) is 0 Å². The third kappa shape index (κ3) is 12.6. The summed E-state index contributed by atoms with van der Waals surface area (Å²) in [7, 11) is 0. The van der Waals surface area contributed by atoms with Crippen molar-refractivity contribution in [2.24, 2.45) is 0 Å². The monoisotopic (exact) mass is 322 g/mol. The van der Waals surface area contributed by atoms with E-state index in [1.54, 1.807) is 0 Å². The van der Waals surface area contributed by atoms with Crippen LogP contribution in [0.15, 0.2) is 0 Å². The Hall–Kier alpha value is -0.890. The molecule has 1 radical (unpaired) electrons. The summed E-state index contributed by atoms with van der Waals surface area (Å²) in [6.07, 6.45) is 0.816. The van der Waals surface area contributed by atoms with Gasteiger partial charge in [0, 0.05) is 51.4 Å². The van der Waals surface area contributed by atoms with Gasteiger partial charge in [-0.15, -0.1) is 11.6 Å².